The summed E-state index contributed by atoms with van der Waals surface area (Å²) in [5.74, 6) is 0.0781. The molecule has 15 heavy (non-hydrogen) atoms. The predicted molar refractivity (Wildman–Crippen MR) is 63.9 cm³/mol. The molecule has 0 unspecified atom stereocenters. The van der Waals surface area contributed by atoms with Crippen molar-refractivity contribution in [2.45, 2.75) is 6.92 Å². The van der Waals surface area contributed by atoms with Gasteiger partial charge in [0.1, 0.15) is 0 Å². The summed E-state index contributed by atoms with van der Waals surface area (Å²) in [7, 11) is 0.543. The number of sulfonamides is 1. The minimum Gasteiger partial charge on any atom is -0.376 e. The zero-order valence-corrected chi connectivity index (χ0v) is 10.0. The maximum absolute atomic E-state index is 11.4. The molecule has 4 nitrogen and oxygen atoms in total. The van der Waals surface area contributed by atoms with Crippen LogP contribution in [0.3, 0.4) is 0 Å². The van der Waals surface area contributed by atoms with Gasteiger partial charge in [-0.15, -0.1) is 0 Å². The highest BCUT2D eigenvalue weighted by Crippen LogP contribution is 2.24. The van der Waals surface area contributed by atoms with Crippen molar-refractivity contribution in [3.8, 4) is 0 Å². The number of nitrogens with zero attached hydrogens (tertiary/aromatic N) is 1. The number of hydrogen-bond acceptors (Lipinski definition) is 3. The Labute approximate surface area is 91.0 Å². The lowest BCUT2D eigenvalue weighted by atomic mass is 10.2. The van der Waals surface area contributed by atoms with Gasteiger partial charge in [-0.2, -0.15) is 0 Å². The summed E-state index contributed by atoms with van der Waals surface area (Å²) in [6.45, 7) is 1.61. The van der Waals surface area contributed by atoms with E-state index < -0.39 is 10.0 Å². The molecule has 0 saturated heterocycles. The van der Waals surface area contributed by atoms with Gasteiger partial charge >= 0.3 is 0 Å². The molecule has 1 aromatic rings. The highest BCUT2D eigenvalue weighted by Gasteiger charge is 2.10. The first-order valence-electron chi connectivity index (χ1n) is 4.73. The fraction of sp³-hybridized carbons (Fsp3) is 0.400. The maximum atomic E-state index is 11.4. The Morgan fingerprint density at radius 3 is 2.40 bits per heavy atom. The van der Waals surface area contributed by atoms with Crippen LogP contribution in [0.1, 0.15) is 6.92 Å². The second-order valence-corrected chi connectivity index (χ2v) is 5.43. The van der Waals surface area contributed by atoms with Crippen LogP contribution in [0.25, 0.3) is 0 Å². The minimum absolute atomic E-state index is 0.0781. The molecule has 0 spiro atoms. The van der Waals surface area contributed by atoms with Gasteiger partial charge < -0.3 is 4.90 Å². The van der Waals surface area contributed by atoms with E-state index in [2.05, 4.69) is 4.72 Å². The Morgan fingerprint density at radius 2 is 1.87 bits per heavy atom. The average molecular weight is 228 g/mol. The zero-order chi connectivity index (χ0) is 11.5. The summed E-state index contributed by atoms with van der Waals surface area (Å²) in [6, 6.07) is 7.30. The van der Waals surface area contributed by atoms with Crippen molar-refractivity contribution in [3.63, 3.8) is 0 Å². The Morgan fingerprint density at radius 1 is 1.27 bits per heavy atom. The van der Waals surface area contributed by atoms with Crippen LogP contribution in [0.2, 0.25) is 0 Å². The summed E-state index contributed by atoms with van der Waals surface area (Å²) >= 11 is 0. The van der Waals surface area contributed by atoms with E-state index in [4.69, 9.17) is 0 Å². The third-order valence-corrected chi connectivity index (χ3v) is 3.32. The Kier molecular flexibility index (Phi) is 3.57. The van der Waals surface area contributed by atoms with Crippen molar-refractivity contribution in [1.29, 1.82) is 0 Å². The van der Waals surface area contributed by atoms with Crippen molar-refractivity contribution in [2.24, 2.45) is 0 Å². The fourth-order valence-electron chi connectivity index (χ4n) is 1.19. The number of hydrogen-bond donors (Lipinski definition) is 1. The first-order chi connectivity index (χ1) is 6.96. The molecule has 0 heterocycles. The van der Waals surface area contributed by atoms with E-state index in [-0.39, 0.29) is 5.75 Å². The minimum atomic E-state index is -3.21. The third kappa shape index (κ3) is 3.13. The highest BCUT2D eigenvalue weighted by molar-refractivity contribution is 7.92. The molecule has 0 saturated carbocycles. The SMILES string of the molecule is CCS(=O)(=O)Nc1ccccc1N(C)C. The average Bonchev–Trinajstić information content (AvgIpc) is 2.18. The molecule has 1 aromatic carbocycles. The standard InChI is InChI=1S/C10H16N2O2S/c1-4-15(13,14)11-9-7-5-6-8-10(9)12(2)3/h5-8,11H,4H2,1-3H3. The first kappa shape index (κ1) is 11.8. The van der Waals surface area contributed by atoms with Gasteiger partial charge in [0.05, 0.1) is 17.1 Å². The lowest BCUT2D eigenvalue weighted by Crippen LogP contribution is -2.18. The molecule has 0 aliphatic carbocycles. The quantitative estimate of drug-likeness (QED) is 0.850. The van der Waals surface area contributed by atoms with Gasteiger partial charge in [0.15, 0.2) is 0 Å². The van der Waals surface area contributed by atoms with Crippen LogP contribution >= 0.6 is 0 Å². The third-order valence-electron chi connectivity index (χ3n) is 2.03. The molecule has 0 radical (unpaired) electrons. The van der Waals surface area contributed by atoms with Crippen LogP contribution in [0.15, 0.2) is 24.3 Å². The summed E-state index contributed by atoms with van der Waals surface area (Å²) in [4.78, 5) is 1.87. The van der Waals surface area contributed by atoms with Gasteiger partial charge in [-0.1, -0.05) is 12.1 Å². The maximum Gasteiger partial charge on any atom is 0.232 e. The molecular weight excluding hydrogens is 212 g/mol. The topological polar surface area (TPSA) is 49.4 Å². The number of anilines is 2. The summed E-state index contributed by atoms with van der Waals surface area (Å²) < 4.78 is 25.4. The molecule has 0 aliphatic heterocycles. The Hall–Kier alpha value is -1.23. The van der Waals surface area contributed by atoms with Crippen LogP contribution in [0, 0.1) is 0 Å². The lowest BCUT2D eigenvalue weighted by Gasteiger charge is -2.17. The van der Waals surface area contributed by atoms with E-state index in [1.54, 1.807) is 19.1 Å². The normalized spacial score (nSPS) is 11.1. The Bertz CT molecular complexity index is 427. The van der Waals surface area contributed by atoms with Crippen LogP contribution in [-0.2, 0) is 10.0 Å². The molecule has 0 atom stereocenters. The molecule has 0 aromatic heterocycles. The molecule has 0 amide bonds. The van der Waals surface area contributed by atoms with Gasteiger partial charge in [-0.3, -0.25) is 4.72 Å². The zero-order valence-electron chi connectivity index (χ0n) is 9.19. The lowest BCUT2D eigenvalue weighted by molar-refractivity contribution is 0.602. The predicted octanol–water partition coefficient (Wildman–Crippen LogP) is 1.51. The van der Waals surface area contributed by atoms with E-state index in [1.807, 2.05) is 31.1 Å². The van der Waals surface area contributed by atoms with E-state index in [0.29, 0.717) is 5.69 Å². The van der Waals surface area contributed by atoms with Gasteiger partial charge in [0.25, 0.3) is 0 Å². The summed E-state index contributed by atoms with van der Waals surface area (Å²) in [6.07, 6.45) is 0. The van der Waals surface area contributed by atoms with E-state index in [0.717, 1.165) is 5.69 Å². The molecule has 1 rings (SSSR count). The number of nitrogens with one attached hydrogen (secondary N) is 1. The fourth-order valence-corrected chi connectivity index (χ4v) is 1.84. The Balaban J connectivity index is 3.05. The van der Waals surface area contributed by atoms with E-state index in [1.165, 1.54) is 0 Å². The van der Waals surface area contributed by atoms with Crippen LogP contribution in [-0.4, -0.2) is 28.3 Å². The number of benzene rings is 1. The van der Waals surface area contributed by atoms with E-state index in [9.17, 15) is 8.42 Å². The van der Waals surface area contributed by atoms with Crippen molar-refractivity contribution in [3.05, 3.63) is 24.3 Å². The second kappa shape index (κ2) is 4.53. The molecular formula is C10H16N2O2S. The van der Waals surface area contributed by atoms with Crippen molar-refractivity contribution >= 4 is 21.4 Å². The number of para-hydroxylation sites is 2. The molecule has 84 valence electrons. The molecule has 1 N–H and O–H groups in total. The molecule has 5 heteroatoms. The molecule has 0 bridgehead atoms. The second-order valence-electron chi connectivity index (χ2n) is 3.42. The first-order valence-corrected chi connectivity index (χ1v) is 6.38. The number of rotatable bonds is 4. The van der Waals surface area contributed by atoms with Crippen molar-refractivity contribution in [1.82, 2.24) is 0 Å². The highest BCUT2D eigenvalue weighted by atomic mass is 32.2. The monoisotopic (exact) mass is 228 g/mol. The van der Waals surface area contributed by atoms with Gasteiger partial charge in [-0.25, -0.2) is 8.42 Å². The van der Waals surface area contributed by atoms with Gasteiger partial charge in [-0.05, 0) is 19.1 Å². The van der Waals surface area contributed by atoms with Gasteiger partial charge in [0, 0.05) is 14.1 Å². The van der Waals surface area contributed by atoms with Crippen LogP contribution < -0.4 is 9.62 Å². The van der Waals surface area contributed by atoms with Crippen LogP contribution in [0.4, 0.5) is 11.4 Å². The van der Waals surface area contributed by atoms with Crippen molar-refractivity contribution in [2.75, 3.05) is 29.5 Å². The van der Waals surface area contributed by atoms with Gasteiger partial charge in [0.2, 0.25) is 10.0 Å². The molecule has 0 fully saturated rings. The van der Waals surface area contributed by atoms with Crippen molar-refractivity contribution < 1.29 is 8.42 Å². The summed E-state index contributed by atoms with van der Waals surface area (Å²) in [5.41, 5.74) is 1.47. The largest absolute Gasteiger partial charge is 0.376 e. The molecule has 0 aliphatic rings. The van der Waals surface area contributed by atoms with E-state index >= 15 is 0 Å². The smallest absolute Gasteiger partial charge is 0.232 e. The van der Waals surface area contributed by atoms with Crippen LogP contribution in [0.5, 0.6) is 0 Å². The summed E-state index contributed by atoms with van der Waals surface area (Å²) in [5, 5.41) is 0.